The summed E-state index contributed by atoms with van der Waals surface area (Å²) in [5.41, 5.74) is 0.900. The van der Waals surface area contributed by atoms with Crippen LogP contribution in [-0.4, -0.2) is 28.6 Å². The molecule has 19 heavy (non-hydrogen) atoms. The van der Waals surface area contributed by atoms with Gasteiger partial charge in [0, 0.05) is 18.8 Å². The van der Waals surface area contributed by atoms with Gasteiger partial charge >= 0.3 is 0 Å². The van der Waals surface area contributed by atoms with Gasteiger partial charge in [-0.25, -0.2) is 4.68 Å². The summed E-state index contributed by atoms with van der Waals surface area (Å²) < 4.78 is 7.31. The maximum atomic E-state index is 5.90. The van der Waals surface area contributed by atoms with Gasteiger partial charge in [0.1, 0.15) is 12.4 Å². The number of benzene rings is 1. The van der Waals surface area contributed by atoms with Crippen molar-refractivity contribution in [2.45, 2.75) is 13.1 Å². The third-order valence-electron chi connectivity index (χ3n) is 2.42. The summed E-state index contributed by atoms with van der Waals surface area (Å²) in [5, 5.41) is 12.0. The lowest BCUT2D eigenvalue weighted by atomic mass is 10.3. The molecular weight excluding hydrogens is 287 g/mol. The highest BCUT2D eigenvalue weighted by Gasteiger charge is 2.02. The van der Waals surface area contributed by atoms with Gasteiger partial charge in [-0.15, -0.1) is 5.10 Å². The maximum Gasteiger partial charge on any atom is 0.120 e. The van der Waals surface area contributed by atoms with Gasteiger partial charge in [-0.3, -0.25) is 0 Å². The molecule has 0 saturated heterocycles. The standard InChI is InChI=1S/C12H14Cl2N4O/c1-15-7-9-8-18(17-16-9)4-5-19-10-2-3-11(13)12(14)6-10/h2-3,6,8,15H,4-5,7H2,1H3. The fraction of sp³-hybridized carbons (Fsp3) is 0.333. The summed E-state index contributed by atoms with van der Waals surface area (Å²) in [6.07, 6.45) is 1.88. The van der Waals surface area contributed by atoms with Gasteiger partial charge < -0.3 is 10.1 Å². The lowest BCUT2D eigenvalue weighted by Gasteiger charge is -2.06. The zero-order chi connectivity index (χ0) is 13.7. The van der Waals surface area contributed by atoms with Gasteiger partial charge in [-0.05, 0) is 19.2 Å². The van der Waals surface area contributed by atoms with E-state index in [-0.39, 0.29) is 0 Å². The molecule has 0 bridgehead atoms. The third kappa shape index (κ3) is 4.09. The highest BCUT2D eigenvalue weighted by Crippen LogP contribution is 2.26. The van der Waals surface area contributed by atoms with Crippen LogP contribution in [0.3, 0.4) is 0 Å². The first-order valence-electron chi connectivity index (χ1n) is 5.80. The highest BCUT2D eigenvalue weighted by molar-refractivity contribution is 6.42. The van der Waals surface area contributed by atoms with E-state index in [0.29, 0.717) is 35.5 Å². The van der Waals surface area contributed by atoms with Crippen LogP contribution in [0, 0.1) is 0 Å². The van der Waals surface area contributed by atoms with Crippen molar-refractivity contribution in [3.8, 4) is 5.75 Å². The van der Waals surface area contributed by atoms with Gasteiger partial charge in [0.2, 0.25) is 0 Å². The molecule has 0 unspecified atom stereocenters. The van der Waals surface area contributed by atoms with Crippen LogP contribution in [0.1, 0.15) is 5.69 Å². The van der Waals surface area contributed by atoms with E-state index in [4.69, 9.17) is 27.9 Å². The van der Waals surface area contributed by atoms with Crippen LogP contribution in [0.5, 0.6) is 5.75 Å². The zero-order valence-corrected chi connectivity index (χ0v) is 11.9. The summed E-state index contributed by atoms with van der Waals surface area (Å²) in [6, 6.07) is 5.18. The number of hydrogen-bond donors (Lipinski definition) is 1. The van der Waals surface area contributed by atoms with Crippen LogP contribution in [-0.2, 0) is 13.1 Å². The molecule has 1 heterocycles. The Kier molecular flexibility index (Phi) is 5.01. The normalized spacial score (nSPS) is 10.7. The molecule has 2 rings (SSSR count). The second kappa shape index (κ2) is 6.75. The largest absolute Gasteiger partial charge is 0.492 e. The van der Waals surface area contributed by atoms with Crippen molar-refractivity contribution in [2.24, 2.45) is 0 Å². The summed E-state index contributed by atoms with van der Waals surface area (Å²) in [7, 11) is 1.87. The molecule has 102 valence electrons. The van der Waals surface area contributed by atoms with Crippen LogP contribution in [0.25, 0.3) is 0 Å². The van der Waals surface area contributed by atoms with E-state index in [9.17, 15) is 0 Å². The Morgan fingerprint density at radius 1 is 1.32 bits per heavy atom. The van der Waals surface area contributed by atoms with Gasteiger partial charge in [0.25, 0.3) is 0 Å². The number of nitrogens with one attached hydrogen (secondary N) is 1. The molecule has 0 radical (unpaired) electrons. The number of rotatable bonds is 6. The first-order chi connectivity index (χ1) is 9.19. The Labute approximate surface area is 121 Å². The van der Waals surface area contributed by atoms with Crippen molar-refractivity contribution in [1.29, 1.82) is 0 Å². The lowest BCUT2D eigenvalue weighted by Crippen LogP contribution is -2.09. The topological polar surface area (TPSA) is 52.0 Å². The van der Waals surface area contributed by atoms with Gasteiger partial charge in [0.05, 0.1) is 22.3 Å². The monoisotopic (exact) mass is 300 g/mol. The van der Waals surface area contributed by atoms with E-state index in [1.807, 2.05) is 13.2 Å². The molecule has 2 aromatic rings. The van der Waals surface area contributed by atoms with Crippen LogP contribution < -0.4 is 10.1 Å². The van der Waals surface area contributed by atoms with E-state index >= 15 is 0 Å². The summed E-state index contributed by atoms with van der Waals surface area (Å²) >= 11 is 11.7. The molecule has 0 aliphatic rings. The van der Waals surface area contributed by atoms with Crippen molar-refractivity contribution < 1.29 is 4.74 Å². The average Bonchev–Trinajstić information content (AvgIpc) is 2.82. The van der Waals surface area contributed by atoms with E-state index in [1.54, 1.807) is 22.9 Å². The molecule has 0 saturated carbocycles. The van der Waals surface area contributed by atoms with Crippen LogP contribution in [0.4, 0.5) is 0 Å². The molecule has 0 amide bonds. The third-order valence-corrected chi connectivity index (χ3v) is 3.16. The minimum atomic E-state index is 0.483. The fourth-order valence-corrected chi connectivity index (χ4v) is 1.82. The molecular formula is C12H14Cl2N4O. The summed E-state index contributed by atoms with van der Waals surface area (Å²) in [6.45, 7) is 1.81. The Balaban J connectivity index is 1.83. The van der Waals surface area contributed by atoms with Crippen LogP contribution >= 0.6 is 23.2 Å². The number of nitrogens with zero attached hydrogens (tertiary/aromatic N) is 3. The molecule has 0 fully saturated rings. The Hall–Kier alpha value is -1.30. The second-order valence-electron chi connectivity index (χ2n) is 3.93. The van der Waals surface area contributed by atoms with Crippen molar-refractivity contribution in [2.75, 3.05) is 13.7 Å². The molecule has 1 N–H and O–H groups in total. The Morgan fingerprint density at radius 2 is 2.16 bits per heavy atom. The number of ether oxygens (including phenoxy) is 1. The molecule has 1 aromatic heterocycles. The van der Waals surface area contributed by atoms with Gasteiger partial charge in [-0.1, -0.05) is 28.4 Å². The second-order valence-corrected chi connectivity index (χ2v) is 4.74. The smallest absolute Gasteiger partial charge is 0.120 e. The van der Waals surface area contributed by atoms with Gasteiger partial charge in [-0.2, -0.15) is 0 Å². The van der Waals surface area contributed by atoms with Crippen molar-refractivity contribution in [3.63, 3.8) is 0 Å². The van der Waals surface area contributed by atoms with Gasteiger partial charge in [0.15, 0.2) is 0 Å². The SMILES string of the molecule is CNCc1cn(CCOc2ccc(Cl)c(Cl)c2)nn1. The fourth-order valence-electron chi connectivity index (χ4n) is 1.53. The predicted molar refractivity (Wildman–Crippen MR) is 74.7 cm³/mol. The maximum absolute atomic E-state index is 5.90. The Morgan fingerprint density at radius 3 is 2.89 bits per heavy atom. The van der Waals surface area contributed by atoms with Crippen LogP contribution in [0.15, 0.2) is 24.4 Å². The minimum absolute atomic E-state index is 0.483. The van der Waals surface area contributed by atoms with Crippen molar-refractivity contribution in [1.82, 2.24) is 20.3 Å². The van der Waals surface area contributed by atoms with Crippen LogP contribution in [0.2, 0.25) is 10.0 Å². The van der Waals surface area contributed by atoms with E-state index in [2.05, 4.69) is 15.6 Å². The number of halogens is 2. The molecule has 1 aromatic carbocycles. The number of aromatic nitrogens is 3. The Bertz CT molecular complexity index is 544. The molecule has 7 heteroatoms. The van der Waals surface area contributed by atoms with E-state index in [1.165, 1.54) is 0 Å². The minimum Gasteiger partial charge on any atom is -0.492 e. The quantitative estimate of drug-likeness (QED) is 0.890. The summed E-state index contributed by atoms with van der Waals surface area (Å²) in [5.74, 6) is 0.685. The van der Waals surface area contributed by atoms with Crippen molar-refractivity contribution in [3.05, 3.63) is 40.1 Å². The molecule has 0 atom stereocenters. The summed E-state index contributed by atoms with van der Waals surface area (Å²) in [4.78, 5) is 0. The molecule has 0 aliphatic carbocycles. The van der Waals surface area contributed by atoms with E-state index in [0.717, 1.165) is 5.69 Å². The van der Waals surface area contributed by atoms with Crippen molar-refractivity contribution >= 4 is 23.2 Å². The molecule has 5 nitrogen and oxygen atoms in total. The van der Waals surface area contributed by atoms with E-state index < -0.39 is 0 Å². The zero-order valence-electron chi connectivity index (χ0n) is 10.4. The lowest BCUT2D eigenvalue weighted by molar-refractivity contribution is 0.289. The molecule has 0 aliphatic heterocycles. The highest BCUT2D eigenvalue weighted by atomic mass is 35.5. The first kappa shape index (κ1) is 14.1. The number of hydrogen-bond acceptors (Lipinski definition) is 4. The molecule has 0 spiro atoms. The average molecular weight is 301 g/mol. The predicted octanol–water partition coefficient (Wildman–Crippen LogP) is 2.38. The first-order valence-corrected chi connectivity index (χ1v) is 6.56.